The van der Waals surface area contributed by atoms with Gasteiger partial charge >= 0.3 is 0 Å². The second-order valence-corrected chi connectivity index (χ2v) is 9.63. The van der Waals surface area contributed by atoms with Crippen LogP contribution in [0.25, 0.3) is 0 Å². The van der Waals surface area contributed by atoms with Crippen molar-refractivity contribution in [2.24, 2.45) is 0 Å². The Balaban J connectivity index is 1.27. The van der Waals surface area contributed by atoms with Crippen molar-refractivity contribution in [3.8, 4) is 0 Å². The number of carbonyl (C=O) groups excluding carboxylic acids is 3. The topological polar surface area (TPSA) is 79.0 Å². The summed E-state index contributed by atoms with van der Waals surface area (Å²) in [6.45, 7) is 4.27. The van der Waals surface area contributed by atoms with Gasteiger partial charge in [0, 0.05) is 42.6 Å². The van der Waals surface area contributed by atoms with Gasteiger partial charge in [0.1, 0.15) is 0 Å². The van der Waals surface area contributed by atoms with E-state index in [1.807, 2.05) is 0 Å². The van der Waals surface area contributed by atoms with E-state index >= 15 is 0 Å². The molecule has 7 nitrogen and oxygen atoms in total. The zero-order valence-corrected chi connectivity index (χ0v) is 19.4. The third-order valence-corrected chi connectivity index (χ3v) is 7.29. The molecule has 1 aliphatic carbocycles. The van der Waals surface area contributed by atoms with Gasteiger partial charge in [0.05, 0.1) is 24.3 Å². The van der Waals surface area contributed by atoms with Gasteiger partial charge in [-0.3, -0.25) is 24.2 Å². The summed E-state index contributed by atoms with van der Waals surface area (Å²) >= 11 is 3.34. The predicted octanol–water partition coefficient (Wildman–Crippen LogP) is 2.98. The first kappa shape index (κ1) is 22.4. The highest BCUT2D eigenvalue weighted by Crippen LogP contribution is 2.34. The molecule has 0 unspecified atom stereocenters. The highest BCUT2D eigenvalue weighted by molar-refractivity contribution is 9.10. The quantitative estimate of drug-likeness (QED) is 0.593. The molecule has 1 saturated carbocycles. The first-order valence-electron chi connectivity index (χ1n) is 11.3. The Labute approximate surface area is 191 Å². The fraction of sp³-hybridized carbons (Fsp3) is 0.609. The Morgan fingerprint density at radius 1 is 1.06 bits per heavy atom. The van der Waals surface area contributed by atoms with Gasteiger partial charge in [-0.25, -0.2) is 0 Å². The van der Waals surface area contributed by atoms with Gasteiger partial charge in [0.15, 0.2) is 0 Å². The fourth-order valence-electron chi connectivity index (χ4n) is 5.07. The number of nitrogens with one attached hydrogen (secondary N) is 1. The number of ether oxygens (including phenoxy) is 1. The van der Waals surface area contributed by atoms with Crippen LogP contribution >= 0.6 is 15.9 Å². The number of carbonyl (C=O) groups is 3. The van der Waals surface area contributed by atoms with E-state index in [9.17, 15) is 14.4 Å². The molecule has 31 heavy (non-hydrogen) atoms. The number of amides is 3. The third kappa shape index (κ3) is 4.86. The van der Waals surface area contributed by atoms with Crippen LogP contribution in [0.15, 0.2) is 22.7 Å². The number of benzene rings is 1. The summed E-state index contributed by atoms with van der Waals surface area (Å²) in [5, 5.41) is 3.15. The number of nitrogens with zero attached hydrogens (tertiary/aromatic N) is 2. The first-order chi connectivity index (χ1) is 15.0. The van der Waals surface area contributed by atoms with Crippen molar-refractivity contribution in [3.05, 3.63) is 33.8 Å². The van der Waals surface area contributed by atoms with E-state index in [-0.39, 0.29) is 29.8 Å². The highest BCUT2D eigenvalue weighted by atomic mass is 79.9. The third-order valence-electron chi connectivity index (χ3n) is 6.80. The molecule has 0 spiro atoms. The van der Waals surface area contributed by atoms with E-state index in [0.717, 1.165) is 43.6 Å². The number of morpholine rings is 1. The highest BCUT2D eigenvalue weighted by Gasteiger charge is 2.39. The molecule has 2 aliphatic heterocycles. The number of hydrogen-bond acceptors (Lipinski definition) is 5. The standard InChI is InChI=1S/C23H30BrN3O4/c24-17-6-7-18-19(15-17)22(30)27(21(18)29)10-4-5-20(28)25-16-23(8-2-1-3-9-23)26-11-13-31-14-12-26/h6-7,15H,1-5,8-14,16H2,(H,25,28). The molecule has 1 N–H and O–H groups in total. The zero-order valence-electron chi connectivity index (χ0n) is 17.8. The Morgan fingerprint density at radius 2 is 1.77 bits per heavy atom. The lowest BCUT2D eigenvalue weighted by molar-refractivity contribution is -0.122. The molecule has 3 amide bonds. The minimum atomic E-state index is -0.282. The Morgan fingerprint density at radius 3 is 2.52 bits per heavy atom. The average molecular weight is 492 g/mol. The Hall–Kier alpha value is -1.77. The van der Waals surface area contributed by atoms with Crippen LogP contribution in [0.3, 0.4) is 0 Å². The zero-order chi connectivity index (χ0) is 21.8. The van der Waals surface area contributed by atoms with Crippen molar-refractivity contribution < 1.29 is 19.1 Å². The smallest absolute Gasteiger partial charge is 0.261 e. The van der Waals surface area contributed by atoms with Gasteiger partial charge in [0.2, 0.25) is 5.91 Å². The normalized spacial score (nSPS) is 21.3. The van der Waals surface area contributed by atoms with Crippen molar-refractivity contribution in [2.45, 2.75) is 50.5 Å². The Kier molecular flexibility index (Phi) is 7.08. The lowest BCUT2D eigenvalue weighted by Crippen LogP contribution is -2.59. The van der Waals surface area contributed by atoms with Gasteiger partial charge in [-0.05, 0) is 37.5 Å². The summed E-state index contributed by atoms with van der Waals surface area (Å²) in [5.41, 5.74) is 0.893. The van der Waals surface area contributed by atoms with Crippen LogP contribution in [-0.4, -0.2) is 72.5 Å². The summed E-state index contributed by atoms with van der Waals surface area (Å²) in [5.74, 6) is -0.575. The van der Waals surface area contributed by atoms with Gasteiger partial charge in [0.25, 0.3) is 11.8 Å². The van der Waals surface area contributed by atoms with Crippen molar-refractivity contribution >= 4 is 33.7 Å². The minimum absolute atomic E-state index is 0.0161. The van der Waals surface area contributed by atoms with E-state index < -0.39 is 0 Å². The molecular weight excluding hydrogens is 462 g/mol. The van der Waals surface area contributed by atoms with Crippen molar-refractivity contribution in [1.82, 2.24) is 15.1 Å². The van der Waals surface area contributed by atoms with Gasteiger partial charge in [-0.2, -0.15) is 0 Å². The van der Waals surface area contributed by atoms with E-state index in [2.05, 4.69) is 26.1 Å². The van der Waals surface area contributed by atoms with Gasteiger partial charge < -0.3 is 10.1 Å². The fourth-order valence-corrected chi connectivity index (χ4v) is 5.43. The van der Waals surface area contributed by atoms with Gasteiger partial charge in [-0.15, -0.1) is 0 Å². The molecule has 0 bridgehead atoms. The van der Waals surface area contributed by atoms with Crippen molar-refractivity contribution in [2.75, 3.05) is 39.4 Å². The molecule has 0 atom stereocenters. The van der Waals surface area contributed by atoms with Gasteiger partial charge in [-0.1, -0.05) is 35.2 Å². The van der Waals surface area contributed by atoms with Crippen molar-refractivity contribution in [1.29, 1.82) is 0 Å². The van der Waals surface area contributed by atoms with Crippen LogP contribution in [0.2, 0.25) is 0 Å². The maximum atomic E-state index is 12.6. The van der Waals surface area contributed by atoms with E-state index in [4.69, 9.17) is 4.74 Å². The first-order valence-corrected chi connectivity index (χ1v) is 12.0. The number of fused-ring (bicyclic) bond motifs is 1. The molecule has 3 aliphatic rings. The molecule has 8 heteroatoms. The summed E-state index contributed by atoms with van der Waals surface area (Å²) in [7, 11) is 0. The largest absolute Gasteiger partial charge is 0.379 e. The lowest BCUT2D eigenvalue weighted by Gasteiger charge is -2.48. The second-order valence-electron chi connectivity index (χ2n) is 8.72. The summed E-state index contributed by atoms with van der Waals surface area (Å²) in [6.07, 6.45) is 6.64. The van der Waals surface area contributed by atoms with Crippen LogP contribution in [0.4, 0.5) is 0 Å². The second kappa shape index (κ2) is 9.79. The monoisotopic (exact) mass is 491 g/mol. The number of hydrogen-bond donors (Lipinski definition) is 1. The number of rotatable bonds is 7. The van der Waals surface area contributed by atoms with Crippen molar-refractivity contribution in [3.63, 3.8) is 0 Å². The maximum absolute atomic E-state index is 12.6. The van der Waals surface area contributed by atoms with Crippen LogP contribution in [0, 0.1) is 0 Å². The van der Waals surface area contributed by atoms with E-state index in [1.165, 1.54) is 24.2 Å². The van der Waals surface area contributed by atoms with Crippen LogP contribution in [0.5, 0.6) is 0 Å². The summed E-state index contributed by atoms with van der Waals surface area (Å²) in [6, 6.07) is 5.11. The summed E-state index contributed by atoms with van der Waals surface area (Å²) < 4.78 is 6.29. The molecule has 0 radical (unpaired) electrons. The molecule has 1 saturated heterocycles. The maximum Gasteiger partial charge on any atom is 0.261 e. The Bertz CT molecular complexity index is 847. The summed E-state index contributed by atoms with van der Waals surface area (Å²) in [4.78, 5) is 41.4. The average Bonchev–Trinajstić information content (AvgIpc) is 3.03. The molecule has 2 fully saturated rings. The molecule has 1 aromatic carbocycles. The number of imide groups is 1. The van der Waals surface area contributed by atoms with Crippen LogP contribution in [0.1, 0.15) is 65.7 Å². The molecule has 2 heterocycles. The molecule has 1 aromatic rings. The van der Waals surface area contributed by atoms with Crippen LogP contribution < -0.4 is 5.32 Å². The van der Waals surface area contributed by atoms with E-state index in [0.29, 0.717) is 30.5 Å². The lowest BCUT2D eigenvalue weighted by atomic mass is 9.79. The number of halogens is 1. The van der Waals surface area contributed by atoms with E-state index in [1.54, 1.807) is 18.2 Å². The minimum Gasteiger partial charge on any atom is -0.379 e. The molecule has 4 rings (SSSR count). The molecule has 168 valence electrons. The SMILES string of the molecule is O=C(CCCN1C(=O)c2ccc(Br)cc2C1=O)NCC1(N2CCOCC2)CCCCC1. The molecule has 0 aromatic heterocycles. The van der Waals surface area contributed by atoms with Crippen LogP contribution in [-0.2, 0) is 9.53 Å². The predicted molar refractivity (Wildman–Crippen MR) is 120 cm³/mol. The molecular formula is C23H30BrN3O4.